The molecule has 0 radical (unpaired) electrons. The molecule has 0 saturated heterocycles. The van der Waals surface area contributed by atoms with Gasteiger partial charge in [0, 0.05) is 24.5 Å². The number of nitro benzene ring substituents is 1. The summed E-state index contributed by atoms with van der Waals surface area (Å²) in [6, 6.07) is 2.91. The van der Waals surface area contributed by atoms with Gasteiger partial charge < -0.3 is 4.90 Å². The molecular formula is C13H16ClFN2O3. The predicted molar refractivity (Wildman–Crippen MR) is 74.6 cm³/mol. The second-order valence-corrected chi connectivity index (χ2v) is 4.93. The lowest BCUT2D eigenvalue weighted by Gasteiger charge is -2.26. The van der Waals surface area contributed by atoms with Gasteiger partial charge >= 0.3 is 0 Å². The molecule has 20 heavy (non-hydrogen) atoms. The Morgan fingerprint density at radius 2 is 2.15 bits per heavy atom. The van der Waals surface area contributed by atoms with Crippen molar-refractivity contribution in [2.75, 3.05) is 12.4 Å². The molecule has 1 aromatic rings. The smallest absolute Gasteiger partial charge is 0.272 e. The van der Waals surface area contributed by atoms with Gasteiger partial charge in [0.05, 0.1) is 16.6 Å². The van der Waals surface area contributed by atoms with Crippen LogP contribution >= 0.6 is 11.6 Å². The van der Waals surface area contributed by atoms with Gasteiger partial charge in [-0.1, -0.05) is 0 Å². The average Bonchev–Trinajstić information content (AvgIpc) is 2.38. The van der Waals surface area contributed by atoms with E-state index in [4.69, 9.17) is 11.6 Å². The number of hydrogen-bond acceptors (Lipinski definition) is 3. The maximum atomic E-state index is 13.8. The molecule has 0 N–H and O–H groups in total. The molecular weight excluding hydrogens is 287 g/mol. The Morgan fingerprint density at radius 3 is 2.60 bits per heavy atom. The lowest BCUT2D eigenvalue weighted by Crippen LogP contribution is -2.38. The molecule has 0 aromatic heterocycles. The van der Waals surface area contributed by atoms with Gasteiger partial charge in [-0.3, -0.25) is 14.9 Å². The normalized spacial score (nSPS) is 10.7. The van der Waals surface area contributed by atoms with Crippen molar-refractivity contribution in [3.05, 3.63) is 39.7 Å². The second kappa shape index (κ2) is 7.19. The highest BCUT2D eigenvalue weighted by Gasteiger charge is 2.22. The van der Waals surface area contributed by atoms with E-state index < -0.39 is 16.6 Å². The van der Waals surface area contributed by atoms with Crippen molar-refractivity contribution in [1.82, 2.24) is 4.90 Å². The maximum Gasteiger partial charge on any atom is 0.272 e. The maximum absolute atomic E-state index is 13.8. The first-order chi connectivity index (χ1) is 9.38. The van der Waals surface area contributed by atoms with Gasteiger partial charge in [0.15, 0.2) is 0 Å². The van der Waals surface area contributed by atoms with Gasteiger partial charge in [-0.25, -0.2) is 4.39 Å². The van der Waals surface area contributed by atoms with Crippen LogP contribution < -0.4 is 0 Å². The SMILES string of the molecule is CC(C)N(CCCCl)C(=O)c1ccc([N+](=O)[O-])cc1F. The van der Waals surface area contributed by atoms with Crippen LogP contribution in [0.2, 0.25) is 0 Å². The largest absolute Gasteiger partial charge is 0.336 e. The van der Waals surface area contributed by atoms with E-state index in [0.29, 0.717) is 18.8 Å². The average molecular weight is 303 g/mol. The molecule has 0 saturated carbocycles. The second-order valence-electron chi connectivity index (χ2n) is 4.56. The molecule has 0 fully saturated rings. The Morgan fingerprint density at radius 1 is 1.50 bits per heavy atom. The molecule has 0 unspecified atom stereocenters. The summed E-state index contributed by atoms with van der Waals surface area (Å²) in [5, 5.41) is 10.5. The molecule has 7 heteroatoms. The van der Waals surface area contributed by atoms with E-state index >= 15 is 0 Å². The molecule has 0 bridgehead atoms. The summed E-state index contributed by atoms with van der Waals surface area (Å²) in [6.45, 7) is 4.04. The van der Waals surface area contributed by atoms with Crippen molar-refractivity contribution in [3.63, 3.8) is 0 Å². The van der Waals surface area contributed by atoms with Crippen LogP contribution in [0.15, 0.2) is 18.2 Å². The van der Waals surface area contributed by atoms with Crippen molar-refractivity contribution in [3.8, 4) is 0 Å². The minimum atomic E-state index is -0.888. The van der Waals surface area contributed by atoms with Crippen LogP contribution in [0, 0.1) is 15.9 Å². The van der Waals surface area contributed by atoms with E-state index in [0.717, 1.165) is 18.2 Å². The van der Waals surface area contributed by atoms with Crippen molar-refractivity contribution in [2.45, 2.75) is 26.3 Å². The first kappa shape index (κ1) is 16.4. The van der Waals surface area contributed by atoms with Gasteiger partial charge in [0.25, 0.3) is 11.6 Å². The van der Waals surface area contributed by atoms with Crippen LogP contribution in [-0.2, 0) is 0 Å². The molecule has 0 spiro atoms. The van der Waals surface area contributed by atoms with Crippen molar-refractivity contribution < 1.29 is 14.1 Å². The zero-order valence-electron chi connectivity index (χ0n) is 11.3. The van der Waals surface area contributed by atoms with Crippen LogP contribution in [0.1, 0.15) is 30.6 Å². The van der Waals surface area contributed by atoms with Crippen molar-refractivity contribution in [2.24, 2.45) is 0 Å². The number of alkyl halides is 1. The molecule has 0 aliphatic heterocycles. The lowest BCUT2D eigenvalue weighted by atomic mass is 10.1. The minimum absolute atomic E-state index is 0.111. The predicted octanol–water partition coefficient (Wildman–Crippen LogP) is 3.21. The summed E-state index contributed by atoms with van der Waals surface area (Å²) in [7, 11) is 0. The molecule has 1 aromatic carbocycles. The fourth-order valence-electron chi connectivity index (χ4n) is 1.77. The molecule has 1 amide bonds. The first-order valence-electron chi connectivity index (χ1n) is 6.19. The summed E-state index contributed by atoms with van der Waals surface area (Å²) in [4.78, 5) is 23.6. The zero-order valence-corrected chi connectivity index (χ0v) is 12.1. The Kier molecular flexibility index (Phi) is 5.88. The zero-order chi connectivity index (χ0) is 15.3. The number of halogens is 2. The van der Waals surface area contributed by atoms with E-state index in [1.54, 1.807) is 0 Å². The fourth-order valence-corrected chi connectivity index (χ4v) is 1.89. The highest BCUT2D eigenvalue weighted by Crippen LogP contribution is 2.19. The van der Waals surface area contributed by atoms with Crippen LogP contribution in [0.5, 0.6) is 0 Å². The lowest BCUT2D eigenvalue weighted by molar-refractivity contribution is -0.385. The molecule has 0 atom stereocenters. The summed E-state index contributed by atoms with van der Waals surface area (Å²) in [5.74, 6) is -0.975. The summed E-state index contributed by atoms with van der Waals surface area (Å²) in [5.41, 5.74) is -0.547. The third-order valence-electron chi connectivity index (χ3n) is 2.81. The quantitative estimate of drug-likeness (QED) is 0.460. The summed E-state index contributed by atoms with van der Waals surface area (Å²) >= 11 is 5.60. The van der Waals surface area contributed by atoms with Gasteiger partial charge in [0.1, 0.15) is 5.82 Å². The van der Waals surface area contributed by atoms with E-state index in [-0.39, 0.29) is 17.3 Å². The van der Waals surface area contributed by atoms with Crippen LogP contribution in [-0.4, -0.2) is 34.2 Å². The van der Waals surface area contributed by atoms with Crippen LogP contribution in [0.25, 0.3) is 0 Å². The van der Waals surface area contributed by atoms with Crippen molar-refractivity contribution >= 4 is 23.2 Å². The highest BCUT2D eigenvalue weighted by molar-refractivity contribution is 6.17. The highest BCUT2D eigenvalue weighted by atomic mass is 35.5. The molecule has 0 aliphatic carbocycles. The molecule has 110 valence electrons. The summed E-state index contributed by atoms with van der Waals surface area (Å²) in [6.07, 6.45) is 0.597. The Hall–Kier alpha value is -1.69. The van der Waals surface area contributed by atoms with Gasteiger partial charge in [-0.2, -0.15) is 0 Å². The van der Waals surface area contributed by atoms with E-state index in [1.807, 2.05) is 13.8 Å². The van der Waals surface area contributed by atoms with Gasteiger partial charge in [-0.15, -0.1) is 11.6 Å². The number of nitrogens with zero attached hydrogens (tertiary/aromatic N) is 2. The standard InChI is InChI=1S/C13H16ClFN2O3/c1-9(2)16(7-3-6-14)13(18)11-5-4-10(17(19)20)8-12(11)15/h4-5,8-9H,3,6-7H2,1-2H3. The number of carbonyl (C=O) groups is 1. The van der Waals surface area contributed by atoms with Crippen LogP contribution in [0.3, 0.4) is 0 Å². The molecule has 1 rings (SSSR count). The van der Waals surface area contributed by atoms with Gasteiger partial charge in [0.2, 0.25) is 0 Å². The first-order valence-corrected chi connectivity index (χ1v) is 6.72. The third kappa shape index (κ3) is 3.90. The minimum Gasteiger partial charge on any atom is -0.336 e. The molecule has 5 nitrogen and oxygen atoms in total. The Bertz CT molecular complexity index is 508. The van der Waals surface area contributed by atoms with E-state index in [1.165, 1.54) is 4.90 Å². The number of nitro groups is 1. The Balaban J connectivity index is 3.03. The number of benzene rings is 1. The number of hydrogen-bond donors (Lipinski definition) is 0. The summed E-state index contributed by atoms with van der Waals surface area (Å²) < 4.78 is 13.8. The third-order valence-corrected chi connectivity index (χ3v) is 3.08. The Labute approximate surface area is 121 Å². The van der Waals surface area contributed by atoms with Crippen LogP contribution in [0.4, 0.5) is 10.1 Å². The molecule has 0 aliphatic rings. The van der Waals surface area contributed by atoms with Gasteiger partial charge in [-0.05, 0) is 26.3 Å². The molecule has 0 heterocycles. The number of non-ortho nitro benzene ring substituents is 1. The fraction of sp³-hybridized carbons (Fsp3) is 0.462. The number of carbonyl (C=O) groups excluding carboxylic acids is 1. The number of rotatable bonds is 6. The number of amides is 1. The monoisotopic (exact) mass is 302 g/mol. The van der Waals surface area contributed by atoms with E-state index in [2.05, 4.69) is 0 Å². The van der Waals surface area contributed by atoms with Crippen molar-refractivity contribution in [1.29, 1.82) is 0 Å². The van der Waals surface area contributed by atoms with E-state index in [9.17, 15) is 19.3 Å². The topological polar surface area (TPSA) is 63.5 Å².